The molecule has 0 radical (unpaired) electrons. The first-order valence-corrected chi connectivity index (χ1v) is 5.96. The van der Waals surface area contributed by atoms with Crippen molar-refractivity contribution in [1.82, 2.24) is 10.2 Å². The third-order valence-corrected chi connectivity index (χ3v) is 2.96. The van der Waals surface area contributed by atoms with Crippen LogP contribution in [0.15, 0.2) is 30.3 Å². The lowest BCUT2D eigenvalue weighted by Gasteiger charge is -2.00. The van der Waals surface area contributed by atoms with Crippen LogP contribution in [0.3, 0.4) is 0 Å². The van der Waals surface area contributed by atoms with Gasteiger partial charge in [-0.05, 0) is 5.56 Å². The van der Waals surface area contributed by atoms with E-state index in [0.717, 1.165) is 5.56 Å². The molecule has 0 bridgehead atoms. The second kappa shape index (κ2) is 5.51. The van der Waals surface area contributed by atoms with Crippen LogP contribution in [-0.4, -0.2) is 16.1 Å². The quantitative estimate of drug-likeness (QED) is 0.851. The Hall–Kier alpha value is -1.79. The molecule has 0 aliphatic rings. The van der Waals surface area contributed by atoms with Gasteiger partial charge in [0.05, 0.1) is 6.42 Å². The summed E-state index contributed by atoms with van der Waals surface area (Å²) in [5, 5.41) is 11.5. The van der Waals surface area contributed by atoms with Gasteiger partial charge in [0.15, 0.2) is 0 Å². The van der Waals surface area contributed by atoms with Gasteiger partial charge in [-0.1, -0.05) is 41.7 Å². The molecule has 3 N–H and O–H groups in total. The minimum atomic E-state index is -0.101. The van der Waals surface area contributed by atoms with E-state index in [9.17, 15) is 4.79 Å². The van der Waals surface area contributed by atoms with E-state index in [1.807, 2.05) is 30.3 Å². The van der Waals surface area contributed by atoms with Crippen LogP contribution in [0.5, 0.6) is 0 Å². The number of hydrogen-bond acceptors (Lipinski definition) is 5. The van der Waals surface area contributed by atoms with Gasteiger partial charge in [-0.3, -0.25) is 4.79 Å². The highest BCUT2D eigenvalue weighted by molar-refractivity contribution is 7.15. The molecular formula is C11H12N4OS. The highest BCUT2D eigenvalue weighted by Gasteiger charge is 2.07. The van der Waals surface area contributed by atoms with Gasteiger partial charge in [0.1, 0.15) is 5.01 Å². The number of aromatic nitrogens is 2. The average Bonchev–Trinajstić information content (AvgIpc) is 2.78. The second-order valence-electron chi connectivity index (χ2n) is 3.42. The summed E-state index contributed by atoms with van der Waals surface area (Å²) in [6.07, 6.45) is 0.332. The van der Waals surface area contributed by atoms with Crippen molar-refractivity contribution in [1.29, 1.82) is 0 Å². The minimum Gasteiger partial charge on any atom is -0.324 e. The summed E-state index contributed by atoms with van der Waals surface area (Å²) >= 11 is 1.29. The first kappa shape index (κ1) is 11.7. The molecule has 5 nitrogen and oxygen atoms in total. The number of amides is 1. The monoisotopic (exact) mass is 248 g/mol. The van der Waals surface area contributed by atoms with Crippen LogP contribution in [0.1, 0.15) is 10.6 Å². The van der Waals surface area contributed by atoms with Gasteiger partial charge in [0.25, 0.3) is 0 Å². The Morgan fingerprint density at radius 2 is 2.06 bits per heavy atom. The van der Waals surface area contributed by atoms with Gasteiger partial charge < -0.3 is 11.1 Å². The van der Waals surface area contributed by atoms with E-state index in [1.165, 1.54) is 11.3 Å². The summed E-state index contributed by atoms with van der Waals surface area (Å²) in [5.74, 6) is -0.101. The lowest BCUT2D eigenvalue weighted by atomic mass is 10.1. The van der Waals surface area contributed by atoms with Crippen LogP contribution in [-0.2, 0) is 17.8 Å². The van der Waals surface area contributed by atoms with Crippen molar-refractivity contribution in [3.63, 3.8) is 0 Å². The lowest BCUT2D eigenvalue weighted by molar-refractivity contribution is -0.115. The van der Waals surface area contributed by atoms with E-state index in [0.29, 0.717) is 23.1 Å². The largest absolute Gasteiger partial charge is 0.324 e. The van der Waals surface area contributed by atoms with E-state index < -0.39 is 0 Å². The fourth-order valence-corrected chi connectivity index (χ4v) is 1.97. The summed E-state index contributed by atoms with van der Waals surface area (Å²) in [6, 6.07) is 9.54. The van der Waals surface area contributed by atoms with Crippen molar-refractivity contribution < 1.29 is 4.79 Å². The van der Waals surface area contributed by atoms with Crippen molar-refractivity contribution in [2.75, 3.05) is 5.32 Å². The molecule has 0 spiro atoms. The number of nitrogens with two attached hydrogens (primary N) is 1. The molecule has 17 heavy (non-hydrogen) atoms. The van der Waals surface area contributed by atoms with E-state index in [1.54, 1.807) is 0 Å². The molecule has 6 heteroatoms. The minimum absolute atomic E-state index is 0.101. The maximum absolute atomic E-state index is 11.7. The highest BCUT2D eigenvalue weighted by atomic mass is 32.1. The van der Waals surface area contributed by atoms with Crippen LogP contribution >= 0.6 is 11.3 Å². The van der Waals surface area contributed by atoms with Crippen LogP contribution in [0.4, 0.5) is 5.13 Å². The Labute approximate surface area is 103 Å². The molecule has 1 aromatic heterocycles. The fraction of sp³-hybridized carbons (Fsp3) is 0.182. The van der Waals surface area contributed by atoms with Gasteiger partial charge in [0, 0.05) is 6.54 Å². The zero-order chi connectivity index (χ0) is 12.1. The summed E-state index contributed by atoms with van der Waals surface area (Å²) in [6.45, 7) is 0.340. The maximum atomic E-state index is 11.7. The predicted molar refractivity (Wildman–Crippen MR) is 66.6 cm³/mol. The van der Waals surface area contributed by atoms with Gasteiger partial charge in [0.2, 0.25) is 11.0 Å². The molecule has 0 saturated carbocycles. The van der Waals surface area contributed by atoms with Gasteiger partial charge in [-0.2, -0.15) is 0 Å². The number of carbonyl (C=O) groups is 1. The number of carbonyl (C=O) groups excluding carboxylic acids is 1. The normalized spacial score (nSPS) is 10.2. The van der Waals surface area contributed by atoms with E-state index >= 15 is 0 Å². The summed E-state index contributed by atoms with van der Waals surface area (Å²) < 4.78 is 0. The molecule has 1 heterocycles. The SMILES string of the molecule is NCc1nnc(NC(=O)Cc2ccccc2)s1. The third-order valence-electron chi connectivity index (χ3n) is 2.10. The van der Waals surface area contributed by atoms with Crippen molar-refractivity contribution >= 4 is 22.4 Å². The summed E-state index contributed by atoms with van der Waals surface area (Å²) in [4.78, 5) is 11.7. The van der Waals surface area contributed by atoms with Crippen molar-refractivity contribution in [2.45, 2.75) is 13.0 Å². The van der Waals surface area contributed by atoms with Crippen LogP contribution < -0.4 is 11.1 Å². The van der Waals surface area contributed by atoms with Gasteiger partial charge in [-0.15, -0.1) is 10.2 Å². The Morgan fingerprint density at radius 1 is 1.29 bits per heavy atom. The molecule has 0 saturated heterocycles. The second-order valence-corrected chi connectivity index (χ2v) is 4.48. The molecular weight excluding hydrogens is 236 g/mol. The molecule has 1 aromatic carbocycles. The topological polar surface area (TPSA) is 80.9 Å². The zero-order valence-corrected chi connectivity index (χ0v) is 9.91. The number of nitrogens with zero attached hydrogens (tertiary/aromatic N) is 2. The third kappa shape index (κ3) is 3.33. The average molecular weight is 248 g/mol. The predicted octanol–water partition coefficient (Wildman–Crippen LogP) is 1.18. The molecule has 0 aliphatic carbocycles. The standard InChI is InChI=1S/C11H12N4OS/c12-7-10-14-15-11(17-10)13-9(16)6-8-4-2-1-3-5-8/h1-5H,6-7,12H2,(H,13,15,16). The highest BCUT2D eigenvalue weighted by Crippen LogP contribution is 2.14. The Balaban J connectivity index is 1.93. The van der Waals surface area contributed by atoms with Crippen molar-refractivity contribution in [2.24, 2.45) is 5.73 Å². The van der Waals surface area contributed by atoms with Gasteiger partial charge in [-0.25, -0.2) is 0 Å². The Bertz CT molecular complexity index is 497. The Kier molecular flexibility index (Phi) is 3.79. The molecule has 0 atom stereocenters. The number of hydrogen-bond donors (Lipinski definition) is 2. The smallest absolute Gasteiger partial charge is 0.230 e. The molecule has 0 fully saturated rings. The number of rotatable bonds is 4. The number of nitrogens with one attached hydrogen (secondary N) is 1. The molecule has 2 rings (SSSR count). The van der Waals surface area contributed by atoms with Crippen molar-refractivity contribution in [3.8, 4) is 0 Å². The summed E-state index contributed by atoms with van der Waals surface area (Å²) in [5.41, 5.74) is 6.38. The van der Waals surface area contributed by atoms with Crippen LogP contribution in [0.2, 0.25) is 0 Å². The van der Waals surface area contributed by atoms with Gasteiger partial charge >= 0.3 is 0 Å². The first-order chi connectivity index (χ1) is 8.28. The summed E-state index contributed by atoms with van der Waals surface area (Å²) in [7, 11) is 0. The van der Waals surface area contributed by atoms with E-state index in [4.69, 9.17) is 5.73 Å². The van der Waals surface area contributed by atoms with Crippen molar-refractivity contribution in [3.05, 3.63) is 40.9 Å². The van der Waals surface area contributed by atoms with E-state index in [-0.39, 0.29) is 5.91 Å². The first-order valence-electron chi connectivity index (χ1n) is 5.14. The molecule has 88 valence electrons. The molecule has 2 aromatic rings. The zero-order valence-electron chi connectivity index (χ0n) is 9.09. The molecule has 0 unspecified atom stereocenters. The van der Waals surface area contributed by atoms with E-state index in [2.05, 4.69) is 15.5 Å². The Morgan fingerprint density at radius 3 is 2.71 bits per heavy atom. The number of anilines is 1. The molecule has 0 aliphatic heterocycles. The van der Waals surface area contributed by atoms with Crippen LogP contribution in [0.25, 0.3) is 0 Å². The molecule has 1 amide bonds. The lowest BCUT2D eigenvalue weighted by Crippen LogP contribution is -2.14. The fourth-order valence-electron chi connectivity index (χ4n) is 1.33. The maximum Gasteiger partial charge on any atom is 0.230 e. The van der Waals surface area contributed by atoms with Crippen LogP contribution in [0, 0.1) is 0 Å². The number of benzene rings is 1.